The molecule has 1 aliphatic heterocycles. The minimum Gasteiger partial charge on any atom is -0.495 e. The predicted molar refractivity (Wildman–Crippen MR) is 96.4 cm³/mol. The number of nitrogens with one attached hydrogen (secondary N) is 1. The Morgan fingerprint density at radius 2 is 1.89 bits per heavy atom. The Kier molecular flexibility index (Phi) is 5.31. The van der Waals surface area contributed by atoms with Crippen LogP contribution in [-0.2, 0) is 14.8 Å². The van der Waals surface area contributed by atoms with E-state index in [0.29, 0.717) is 30.5 Å². The molecule has 6 nitrogen and oxygen atoms in total. The molecule has 0 radical (unpaired) electrons. The standard InChI is InChI=1S/C18H18F2N2O4S/c1-26-16-7-6-13(11-15(16)22-9-3-2-4-18(22)23)21-27(24,25)17-8-5-12(19)10-14(17)20/h5-8,10-11,21H,2-4,9H2,1H3. The summed E-state index contributed by atoms with van der Waals surface area (Å²) in [5, 5.41) is 0. The molecule has 1 saturated heterocycles. The molecule has 1 heterocycles. The molecule has 0 aliphatic carbocycles. The van der Waals surface area contributed by atoms with Crippen molar-refractivity contribution >= 4 is 27.3 Å². The molecular formula is C18H18F2N2O4S. The second-order valence-electron chi connectivity index (χ2n) is 6.07. The van der Waals surface area contributed by atoms with E-state index in [2.05, 4.69) is 4.72 Å². The van der Waals surface area contributed by atoms with Gasteiger partial charge in [0.15, 0.2) is 0 Å². The maximum Gasteiger partial charge on any atom is 0.264 e. The molecule has 144 valence electrons. The highest BCUT2D eigenvalue weighted by Crippen LogP contribution is 2.34. The molecule has 0 spiro atoms. The Labute approximate surface area is 155 Å². The third kappa shape index (κ3) is 4.02. The zero-order valence-electron chi connectivity index (χ0n) is 14.5. The molecule has 2 aromatic rings. The highest BCUT2D eigenvalue weighted by molar-refractivity contribution is 7.92. The Balaban J connectivity index is 1.95. The van der Waals surface area contributed by atoms with E-state index in [0.717, 1.165) is 25.0 Å². The van der Waals surface area contributed by atoms with E-state index in [1.807, 2.05) is 0 Å². The van der Waals surface area contributed by atoms with Crippen LogP contribution in [0, 0.1) is 11.6 Å². The lowest BCUT2D eigenvalue weighted by atomic mass is 10.1. The van der Waals surface area contributed by atoms with E-state index in [-0.39, 0.29) is 11.6 Å². The van der Waals surface area contributed by atoms with Crippen LogP contribution in [0.3, 0.4) is 0 Å². The Morgan fingerprint density at radius 1 is 1.11 bits per heavy atom. The quantitative estimate of drug-likeness (QED) is 0.842. The fourth-order valence-electron chi connectivity index (χ4n) is 2.93. The number of rotatable bonds is 5. The van der Waals surface area contributed by atoms with Gasteiger partial charge in [0.05, 0.1) is 18.5 Å². The highest BCUT2D eigenvalue weighted by atomic mass is 32.2. The van der Waals surface area contributed by atoms with Gasteiger partial charge in [-0.15, -0.1) is 0 Å². The van der Waals surface area contributed by atoms with Gasteiger partial charge in [-0.3, -0.25) is 9.52 Å². The van der Waals surface area contributed by atoms with Gasteiger partial charge < -0.3 is 9.64 Å². The van der Waals surface area contributed by atoms with Gasteiger partial charge >= 0.3 is 0 Å². The number of sulfonamides is 1. The largest absolute Gasteiger partial charge is 0.495 e. The molecule has 0 bridgehead atoms. The first-order chi connectivity index (χ1) is 12.8. The molecule has 0 unspecified atom stereocenters. The summed E-state index contributed by atoms with van der Waals surface area (Å²) in [5.74, 6) is -1.73. The van der Waals surface area contributed by atoms with Gasteiger partial charge in [0.25, 0.3) is 10.0 Å². The molecule has 3 rings (SSSR count). The SMILES string of the molecule is COc1ccc(NS(=O)(=O)c2ccc(F)cc2F)cc1N1CCCCC1=O. The van der Waals surface area contributed by atoms with Crippen molar-refractivity contribution < 1.29 is 26.7 Å². The number of ether oxygens (including phenoxy) is 1. The van der Waals surface area contributed by atoms with Crippen molar-refractivity contribution in [3.8, 4) is 5.75 Å². The van der Waals surface area contributed by atoms with Gasteiger partial charge in [0.1, 0.15) is 22.3 Å². The van der Waals surface area contributed by atoms with Crippen molar-refractivity contribution in [3.63, 3.8) is 0 Å². The van der Waals surface area contributed by atoms with Crippen LogP contribution in [0.1, 0.15) is 19.3 Å². The highest BCUT2D eigenvalue weighted by Gasteiger charge is 2.24. The molecule has 1 fully saturated rings. The smallest absolute Gasteiger partial charge is 0.264 e. The summed E-state index contributed by atoms with van der Waals surface area (Å²) in [7, 11) is -2.83. The first-order valence-electron chi connectivity index (χ1n) is 8.28. The van der Waals surface area contributed by atoms with E-state index in [4.69, 9.17) is 4.74 Å². The maximum atomic E-state index is 13.9. The lowest BCUT2D eigenvalue weighted by Crippen LogP contribution is -2.35. The number of piperidine rings is 1. The molecule has 27 heavy (non-hydrogen) atoms. The van der Waals surface area contributed by atoms with Crippen LogP contribution < -0.4 is 14.4 Å². The minimum atomic E-state index is -4.28. The maximum absolute atomic E-state index is 13.9. The number of hydrogen-bond acceptors (Lipinski definition) is 4. The number of benzene rings is 2. The lowest BCUT2D eigenvalue weighted by molar-refractivity contribution is -0.119. The number of hydrogen-bond donors (Lipinski definition) is 1. The number of carbonyl (C=O) groups excluding carboxylic acids is 1. The zero-order chi connectivity index (χ0) is 19.6. The summed E-state index contributed by atoms with van der Waals surface area (Å²) in [6.45, 7) is 0.498. The Bertz CT molecular complexity index is 979. The van der Waals surface area contributed by atoms with Gasteiger partial charge in [-0.05, 0) is 43.2 Å². The number of nitrogens with zero attached hydrogens (tertiary/aromatic N) is 1. The van der Waals surface area contributed by atoms with E-state index in [9.17, 15) is 22.0 Å². The molecule has 9 heteroatoms. The van der Waals surface area contributed by atoms with Crippen LogP contribution in [-0.4, -0.2) is 28.0 Å². The number of amides is 1. The molecule has 0 atom stereocenters. The average molecular weight is 396 g/mol. The summed E-state index contributed by atoms with van der Waals surface area (Å²) in [6, 6.07) is 6.64. The molecule has 0 saturated carbocycles. The van der Waals surface area contributed by atoms with Crippen molar-refractivity contribution in [2.75, 3.05) is 23.3 Å². The van der Waals surface area contributed by atoms with Gasteiger partial charge in [-0.1, -0.05) is 0 Å². The summed E-state index contributed by atoms with van der Waals surface area (Å²) >= 11 is 0. The fourth-order valence-corrected chi connectivity index (χ4v) is 4.04. The van der Waals surface area contributed by atoms with Crippen molar-refractivity contribution in [2.45, 2.75) is 24.2 Å². The van der Waals surface area contributed by atoms with Crippen LogP contribution in [0.5, 0.6) is 5.75 Å². The molecule has 0 aromatic heterocycles. The van der Waals surface area contributed by atoms with Crippen molar-refractivity contribution in [3.05, 3.63) is 48.0 Å². The molecule has 1 aliphatic rings. The number of halogens is 2. The zero-order valence-corrected chi connectivity index (χ0v) is 15.4. The number of carbonyl (C=O) groups is 1. The molecule has 2 aromatic carbocycles. The number of methoxy groups -OCH3 is 1. The van der Waals surface area contributed by atoms with E-state index < -0.39 is 26.6 Å². The fraction of sp³-hybridized carbons (Fsp3) is 0.278. The summed E-state index contributed by atoms with van der Waals surface area (Å²) in [4.78, 5) is 13.1. The molecule has 1 amide bonds. The first kappa shape index (κ1) is 19.1. The van der Waals surface area contributed by atoms with Crippen LogP contribution in [0.4, 0.5) is 20.2 Å². The van der Waals surface area contributed by atoms with Crippen molar-refractivity contribution in [1.82, 2.24) is 0 Å². The van der Waals surface area contributed by atoms with Crippen LogP contribution in [0.25, 0.3) is 0 Å². The van der Waals surface area contributed by atoms with Crippen LogP contribution in [0.2, 0.25) is 0 Å². The predicted octanol–water partition coefficient (Wildman–Crippen LogP) is 3.29. The third-order valence-electron chi connectivity index (χ3n) is 4.23. The van der Waals surface area contributed by atoms with E-state index in [1.54, 1.807) is 4.90 Å². The summed E-state index contributed by atoms with van der Waals surface area (Å²) in [6.07, 6.45) is 2.03. The van der Waals surface area contributed by atoms with Gasteiger partial charge in [0.2, 0.25) is 5.91 Å². The monoisotopic (exact) mass is 396 g/mol. The Morgan fingerprint density at radius 3 is 2.56 bits per heavy atom. The second kappa shape index (κ2) is 7.51. The average Bonchev–Trinajstić information content (AvgIpc) is 2.61. The van der Waals surface area contributed by atoms with E-state index >= 15 is 0 Å². The first-order valence-corrected chi connectivity index (χ1v) is 9.76. The lowest BCUT2D eigenvalue weighted by Gasteiger charge is -2.28. The minimum absolute atomic E-state index is 0.0795. The number of anilines is 2. The van der Waals surface area contributed by atoms with Crippen LogP contribution >= 0.6 is 0 Å². The molecular weight excluding hydrogens is 378 g/mol. The normalized spacial score (nSPS) is 14.9. The van der Waals surface area contributed by atoms with Crippen molar-refractivity contribution in [1.29, 1.82) is 0 Å². The van der Waals surface area contributed by atoms with Crippen LogP contribution in [0.15, 0.2) is 41.3 Å². The van der Waals surface area contributed by atoms with Gasteiger partial charge in [0, 0.05) is 19.0 Å². The van der Waals surface area contributed by atoms with Gasteiger partial charge in [-0.2, -0.15) is 0 Å². The van der Waals surface area contributed by atoms with Gasteiger partial charge in [-0.25, -0.2) is 17.2 Å². The topological polar surface area (TPSA) is 75.7 Å². The second-order valence-corrected chi connectivity index (χ2v) is 7.72. The third-order valence-corrected chi connectivity index (χ3v) is 5.64. The summed E-state index contributed by atoms with van der Waals surface area (Å²) in [5.41, 5.74) is 0.565. The van der Waals surface area contributed by atoms with Crippen molar-refractivity contribution in [2.24, 2.45) is 0 Å². The Hall–Kier alpha value is -2.68. The van der Waals surface area contributed by atoms with E-state index in [1.165, 1.54) is 25.3 Å². The molecule has 1 N–H and O–H groups in total. The summed E-state index contributed by atoms with van der Waals surface area (Å²) < 4.78 is 59.3.